The number of ether oxygens (including phenoxy) is 2. The Morgan fingerprint density at radius 2 is 1.84 bits per heavy atom. The molecule has 1 atom stereocenters. The zero-order valence-electron chi connectivity index (χ0n) is 15.0. The summed E-state index contributed by atoms with van der Waals surface area (Å²) in [6.45, 7) is 7.14. The van der Waals surface area contributed by atoms with Crippen LogP contribution in [0.1, 0.15) is 38.0 Å². The second kappa shape index (κ2) is 10.6. The van der Waals surface area contributed by atoms with Crippen LogP contribution in [-0.2, 0) is 12.8 Å². The van der Waals surface area contributed by atoms with Crippen LogP contribution in [0.5, 0.6) is 11.5 Å². The first-order valence-corrected chi connectivity index (χ1v) is 8.93. The summed E-state index contributed by atoms with van der Waals surface area (Å²) in [7, 11) is 1.91. The number of nitrogens with one attached hydrogen (secondary N) is 1. The fraction of sp³-hybridized carbons (Fsp3) is 0.529. The van der Waals surface area contributed by atoms with Crippen LogP contribution in [0.2, 0.25) is 0 Å². The average Bonchev–Trinajstić information content (AvgIpc) is 2.99. The van der Waals surface area contributed by atoms with E-state index in [-0.39, 0.29) is 12.4 Å². The second-order valence-electron chi connectivity index (χ2n) is 5.43. The third-order valence-corrected chi connectivity index (χ3v) is 4.28. The predicted molar refractivity (Wildman–Crippen MR) is 103 cm³/mol. The minimum Gasteiger partial charge on any atom is -0.490 e. The van der Waals surface area contributed by atoms with Gasteiger partial charge in [0.05, 0.1) is 19.6 Å². The van der Waals surface area contributed by atoms with E-state index in [2.05, 4.69) is 38.3 Å². The molecule has 0 aliphatic heterocycles. The van der Waals surface area contributed by atoms with Crippen molar-refractivity contribution >= 4 is 28.3 Å². The fourth-order valence-corrected chi connectivity index (χ4v) is 2.70. The van der Waals surface area contributed by atoms with E-state index in [0.29, 0.717) is 37.4 Å². The molecule has 1 heterocycles. The molecular weight excluding hydrogens is 410 g/mol. The van der Waals surface area contributed by atoms with Gasteiger partial charge in [0.15, 0.2) is 17.3 Å². The number of hydrogen-bond donors (Lipinski definition) is 1. The van der Waals surface area contributed by atoms with E-state index in [4.69, 9.17) is 14.0 Å². The molecule has 0 aliphatic carbocycles. The van der Waals surface area contributed by atoms with Gasteiger partial charge in [0.1, 0.15) is 0 Å². The van der Waals surface area contributed by atoms with Gasteiger partial charge in [-0.05, 0) is 45.5 Å². The van der Waals surface area contributed by atoms with Gasteiger partial charge in [0.2, 0.25) is 5.89 Å². The molecule has 0 saturated heterocycles. The number of halogens is 2. The zero-order valence-corrected chi connectivity index (χ0v) is 17.4. The molecule has 0 saturated carbocycles. The Kier molecular flexibility index (Phi) is 9.24. The van der Waals surface area contributed by atoms with Gasteiger partial charge in [0, 0.05) is 16.9 Å². The summed E-state index contributed by atoms with van der Waals surface area (Å²) in [5.41, 5.74) is 1.01. The van der Waals surface area contributed by atoms with Crippen LogP contribution in [0.15, 0.2) is 21.1 Å². The quantitative estimate of drug-likeness (QED) is 0.647. The number of hydrogen-bond acceptors (Lipinski definition) is 6. The van der Waals surface area contributed by atoms with E-state index >= 15 is 0 Å². The highest BCUT2D eigenvalue weighted by molar-refractivity contribution is 9.10. The van der Waals surface area contributed by atoms with Gasteiger partial charge in [-0.2, -0.15) is 4.98 Å². The molecule has 0 aliphatic rings. The highest BCUT2D eigenvalue weighted by Crippen LogP contribution is 2.34. The largest absolute Gasteiger partial charge is 0.490 e. The van der Waals surface area contributed by atoms with Gasteiger partial charge < -0.3 is 19.3 Å². The van der Waals surface area contributed by atoms with Crippen molar-refractivity contribution in [1.29, 1.82) is 0 Å². The summed E-state index contributed by atoms with van der Waals surface area (Å²) in [6, 6.07) is 4.18. The lowest BCUT2D eigenvalue weighted by Gasteiger charge is -2.13. The van der Waals surface area contributed by atoms with Crippen molar-refractivity contribution < 1.29 is 14.0 Å². The maximum Gasteiger partial charge on any atom is 0.231 e. The third kappa shape index (κ3) is 6.17. The Balaban J connectivity index is 0.00000312. The first kappa shape index (κ1) is 21.7. The number of benzene rings is 1. The molecule has 0 radical (unpaired) electrons. The van der Waals surface area contributed by atoms with Crippen LogP contribution in [0.3, 0.4) is 0 Å². The molecule has 25 heavy (non-hydrogen) atoms. The van der Waals surface area contributed by atoms with Crippen LogP contribution >= 0.6 is 28.3 Å². The summed E-state index contributed by atoms with van der Waals surface area (Å²) >= 11 is 3.58. The topological polar surface area (TPSA) is 69.4 Å². The number of rotatable bonds is 9. The smallest absolute Gasteiger partial charge is 0.231 e. The molecule has 0 fully saturated rings. The van der Waals surface area contributed by atoms with Crippen LogP contribution in [0.4, 0.5) is 0 Å². The first-order chi connectivity index (χ1) is 11.6. The lowest BCUT2D eigenvalue weighted by atomic mass is 10.1. The van der Waals surface area contributed by atoms with Crippen LogP contribution in [0, 0.1) is 0 Å². The van der Waals surface area contributed by atoms with Crippen LogP contribution in [-0.4, -0.2) is 36.4 Å². The van der Waals surface area contributed by atoms with E-state index in [0.717, 1.165) is 28.0 Å². The summed E-state index contributed by atoms with van der Waals surface area (Å²) in [5, 5.41) is 7.20. The molecule has 2 aromatic rings. The molecule has 140 valence electrons. The highest BCUT2D eigenvalue weighted by atomic mass is 79.9. The molecule has 8 heteroatoms. The van der Waals surface area contributed by atoms with Gasteiger partial charge in [-0.25, -0.2) is 0 Å². The normalized spacial score (nSPS) is 11.7. The standard InChI is InChI=1S/C17H24BrN3O3.ClH/c1-5-22-14-8-12(13(18)10-15(14)23-6-2)9-17-20-16(21-24-17)7-11(3)19-4;/h8,10-11,19H,5-7,9H2,1-4H3;1H. The lowest BCUT2D eigenvalue weighted by Crippen LogP contribution is -2.24. The monoisotopic (exact) mass is 433 g/mol. The lowest BCUT2D eigenvalue weighted by molar-refractivity contribution is 0.287. The minimum absolute atomic E-state index is 0. The molecule has 2 rings (SSSR count). The number of nitrogens with zero attached hydrogens (tertiary/aromatic N) is 2. The van der Waals surface area contributed by atoms with Crippen LogP contribution < -0.4 is 14.8 Å². The van der Waals surface area contributed by atoms with Crippen molar-refractivity contribution in [3.8, 4) is 11.5 Å². The summed E-state index contributed by atoms with van der Waals surface area (Å²) in [6.07, 6.45) is 1.27. The van der Waals surface area contributed by atoms with Crippen molar-refractivity contribution in [2.45, 2.75) is 39.7 Å². The molecule has 1 aromatic heterocycles. The highest BCUT2D eigenvalue weighted by Gasteiger charge is 2.15. The Hall–Kier alpha value is -1.31. The summed E-state index contributed by atoms with van der Waals surface area (Å²) < 4.78 is 17.6. The zero-order chi connectivity index (χ0) is 17.5. The van der Waals surface area contributed by atoms with Crippen molar-refractivity contribution in [2.75, 3.05) is 20.3 Å². The second-order valence-corrected chi connectivity index (χ2v) is 6.29. The Morgan fingerprint density at radius 3 is 2.44 bits per heavy atom. The maximum atomic E-state index is 5.67. The van der Waals surface area contributed by atoms with E-state index in [1.54, 1.807) is 0 Å². The Bertz CT molecular complexity index is 667. The van der Waals surface area contributed by atoms with Gasteiger partial charge >= 0.3 is 0 Å². The Morgan fingerprint density at radius 1 is 1.20 bits per heavy atom. The maximum absolute atomic E-state index is 5.67. The molecule has 6 nitrogen and oxygen atoms in total. The Labute approximate surface area is 163 Å². The average molecular weight is 435 g/mol. The van der Waals surface area contributed by atoms with Gasteiger partial charge in [-0.1, -0.05) is 21.1 Å². The first-order valence-electron chi connectivity index (χ1n) is 8.14. The van der Waals surface area contributed by atoms with Gasteiger partial charge in [-0.3, -0.25) is 0 Å². The van der Waals surface area contributed by atoms with E-state index in [1.807, 2.05) is 33.0 Å². The van der Waals surface area contributed by atoms with Crippen molar-refractivity contribution in [3.63, 3.8) is 0 Å². The molecular formula is C17H25BrClN3O3. The predicted octanol–water partition coefficient (Wildman–Crippen LogP) is 3.79. The fourth-order valence-electron chi connectivity index (χ4n) is 2.23. The van der Waals surface area contributed by atoms with Crippen molar-refractivity contribution in [3.05, 3.63) is 33.9 Å². The molecule has 0 bridgehead atoms. The van der Waals surface area contributed by atoms with E-state index in [9.17, 15) is 0 Å². The minimum atomic E-state index is 0. The van der Waals surface area contributed by atoms with Gasteiger partial charge in [0.25, 0.3) is 0 Å². The SMILES string of the molecule is CCOc1cc(Br)c(Cc2nc(CC(C)NC)no2)cc1OCC.Cl. The summed E-state index contributed by atoms with van der Waals surface area (Å²) in [4.78, 5) is 4.46. The molecule has 0 amide bonds. The summed E-state index contributed by atoms with van der Waals surface area (Å²) in [5.74, 6) is 2.74. The number of aromatic nitrogens is 2. The molecule has 0 spiro atoms. The molecule has 1 unspecified atom stereocenters. The van der Waals surface area contributed by atoms with Gasteiger partial charge in [-0.15, -0.1) is 12.4 Å². The van der Waals surface area contributed by atoms with E-state index < -0.39 is 0 Å². The van der Waals surface area contributed by atoms with E-state index in [1.165, 1.54) is 0 Å². The third-order valence-electron chi connectivity index (χ3n) is 3.55. The molecule has 1 N–H and O–H groups in total. The van der Waals surface area contributed by atoms with Crippen LogP contribution in [0.25, 0.3) is 0 Å². The van der Waals surface area contributed by atoms with Crippen molar-refractivity contribution in [2.24, 2.45) is 0 Å². The molecule has 1 aromatic carbocycles. The number of likely N-dealkylation sites (N-methyl/N-ethyl adjacent to an activating group) is 1. The van der Waals surface area contributed by atoms with Crippen molar-refractivity contribution in [1.82, 2.24) is 15.5 Å².